The van der Waals surface area contributed by atoms with Crippen LogP contribution >= 0.6 is 15.9 Å². The maximum atomic E-state index is 13.2. The molecule has 0 radical (unpaired) electrons. The van der Waals surface area contributed by atoms with Crippen molar-refractivity contribution in [3.05, 3.63) is 82.3 Å². The van der Waals surface area contributed by atoms with Crippen LogP contribution in [0, 0.1) is 0 Å². The van der Waals surface area contributed by atoms with E-state index in [9.17, 15) is 9.59 Å². The first-order valence-corrected chi connectivity index (χ1v) is 9.15. The molecule has 1 saturated heterocycles. The SMILES string of the molecule is C[C@]1(c2cccc3ccccc23)NC(=O)N(Cc2ccc(Br)cc2)C1=O. The van der Waals surface area contributed by atoms with Gasteiger partial charge in [0.05, 0.1) is 6.54 Å². The van der Waals surface area contributed by atoms with Crippen molar-refractivity contribution in [2.75, 3.05) is 0 Å². The minimum atomic E-state index is -1.08. The van der Waals surface area contributed by atoms with Crippen LogP contribution in [0.2, 0.25) is 0 Å². The summed E-state index contributed by atoms with van der Waals surface area (Å²) in [5, 5.41) is 4.91. The standard InChI is InChI=1S/C21H17BrN2O2/c1-21(18-8-4-6-15-5-2-3-7-17(15)18)19(25)24(20(26)23-21)13-14-9-11-16(22)12-10-14/h2-12H,13H2,1H3,(H,23,26)/t21-/m1/s1. The van der Waals surface area contributed by atoms with Gasteiger partial charge in [-0.3, -0.25) is 9.69 Å². The molecule has 3 aromatic carbocycles. The Morgan fingerprint density at radius 2 is 1.65 bits per heavy atom. The van der Waals surface area contributed by atoms with Crippen molar-refractivity contribution in [1.29, 1.82) is 0 Å². The Hall–Kier alpha value is -2.66. The Morgan fingerprint density at radius 1 is 0.962 bits per heavy atom. The number of benzene rings is 3. The maximum absolute atomic E-state index is 13.2. The van der Waals surface area contributed by atoms with E-state index in [0.29, 0.717) is 0 Å². The number of imide groups is 1. The van der Waals surface area contributed by atoms with Gasteiger partial charge in [-0.1, -0.05) is 70.5 Å². The van der Waals surface area contributed by atoms with E-state index in [0.717, 1.165) is 26.4 Å². The van der Waals surface area contributed by atoms with Crippen molar-refractivity contribution in [3.63, 3.8) is 0 Å². The van der Waals surface area contributed by atoms with Gasteiger partial charge in [-0.2, -0.15) is 0 Å². The Bertz CT molecular complexity index is 1010. The molecular formula is C21H17BrN2O2. The fraction of sp³-hybridized carbons (Fsp3) is 0.143. The van der Waals surface area contributed by atoms with Crippen LogP contribution in [-0.2, 0) is 16.9 Å². The van der Waals surface area contributed by atoms with Gasteiger partial charge in [-0.15, -0.1) is 0 Å². The number of fused-ring (bicyclic) bond motifs is 1. The molecule has 0 aliphatic carbocycles. The van der Waals surface area contributed by atoms with Crippen LogP contribution in [0.5, 0.6) is 0 Å². The number of carbonyl (C=O) groups is 2. The minimum Gasteiger partial charge on any atom is -0.319 e. The first-order chi connectivity index (χ1) is 12.5. The van der Waals surface area contributed by atoms with Gasteiger partial charge >= 0.3 is 6.03 Å². The Balaban J connectivity index is 1.72. The van der Waals surface area contributed by atoms with Crippen LogP contribution in [0.25, 0.3) is 10.8 Å². The number of nitrogens with zero attached hydrogens (tertiary/aromatic N) is 1. The van der Waals surface area contributed by atoms with E-state index in [1.54, 1.807) is 6.92 Å². The lowest BCUT2D eigenvalue weighted by Crippen LogP contribution is -2.41. The zero-order chi connectivity index (χ0) is 18.3. The van der Waals surface area contributed by atoms with E-state index in [4.69, 9.17) is 0 Å². The molecule has 0 bridgehead atoms. The van der Waals surface area contributed by atoms with Crippen molar-refractivity contribution in [1.82, 2.24) is 10.2 Å². The normalized spacial score (nSPS) is 19.8. The molecule has 130 valence electrons. The topological polar surface area (TPSA) is 49.4 Å². The Morgan fingerprint density at radius 3 is 2.42 bits per heavy atom. The minimum absolute atomic E-state index is 0.234. The van der Waals surface area contributed by atoms with E-state index in [-0.39, 0.29) is 18.5 Å². The number of nitrogens with one attached hydrogen (secondary N) is 1. The predicted molar refractivity (Wildman–Crippen MR) is 105 cm³/mol. The first kappa shape index (κ1) is 16.8. The lowest BCUT2D eigenvalue weighted by molar-refractivity contribution is -0.131. The Labute approximate surface area is 159 Å². The van der Waals surface area contributed by atoms with E-state index in [1.807, 2.05) is 66.7 Å². The van der Waals surface area contributed by atoms with Crippen LogP contribution in [0.15, 0.2) is 71.2 Å². The quantitative estimate of drug-likeness (QED) is 0.645. The van der Waals surface area contributed by atoms with Crippen LogP contribution in [-0.4, -0.2) is 16.8 Å². The smallest absolute Gasteiger partial charge is 0.319 e. The summed E-state index contributed by atoms with van der Waals surface area (Å²) in [5.41, 5.74) is 0.638. The number of carbonyl (C=O) groups excluding carboxylic acids is 2. The lowest BCUT2D eigenvalue weighted by atomic mass is 9.88. The number of hydrogen-bond acceptors (Lipinski definition) is 2. The number of hydrogen-bond donors (Lipinski definition) is 1. The number of rotatable bonds is 3. The molecule has 3 aromatic rings. The van der Waals surface area contributed by atoms with Crippen molar-refractivity contribution in [2.24, 2.45) is 0 Å². The van der Waals surface area contributed by atoms with Gasteiger partial charge in [0.15, 0.2) is 0 Å². The molecule has 0 saturated carbocycles. The number of amides is 3. The third kappa shape index (κ3) is 2.69. The molecule has 4 rings (SSSR count). The van der Waals surface area contributed by atoms with E-state index in [2.05, 4.69) is 21.2 Å². The molecule has 0 unspecified atom stereocenters. The third-order valence-electron chi connectivity index (χ3n) is 4.86. The highest BCUT2D eigenvalue weighted by atomic mass is 79.9. The van der Waals surface area contributed by atoms with Gasteiger partial charge in [-0.05, 0) is 41.0 Å². The van der Waals surface area contributed by atoms with E-state index >= 15 is 0 Å². The molecule has 1 N–H and O–H groups in total. The summed E-state index contributed by atoms with van der Waals surface area (Å²) in [6.07, 6.45) is 0. The molecule has 1 atom stereocenters. The molecule has 3 amide bonds. The summed E-state index contributed by atoms with van der Waals surface area (Å²) in [6.45, 7) is 2.02. The van der Waals surface area contributed by atoms with Crippen molar-refractivity contribution in [2.45, 2.75) is 19.0 Å². The molecule has 1 fully saturated rings. The monoisotopic (exact) mass is 408 g/mol. The summed E-state index contributed by atoms with van der Waals surface area (Å²) < 4.78 is 0.957. The van der Waals surface area contributed by atoms with Gasteiger partial charge in [0.1, 0.15) is 5.54 Å². The summed E-state index contributed by atoms with van der Waals surface area (Å²) in [4.78, 5) is 27.0. The number of halogens is 1. The van der Waals surface area contributed by atoms with Crippen LogP contribution < -0.4 is 5.32 Å². The molecule has 1 heterocycles. The highest BCUT2D eigenvalue weighted by Gasteiger charge is 2.49. The van der Waals surface area contributed by atoms with Gasteiger partial charge in [0.2, 0.25) is 0 Å². The van der Waals surface area contributed by atoms with E-state index < -0.39 is 5.54 Å². The Kier molecular flexibility index (Phi) is 4.04. The largest absolute Gasteiger partial charge is 0.325 e. The molecule has 0 spiro atoms. The zero-order valence-electron chi connectivity index (χ0n) is 14.2. The molecule has 5 heteroatoms. The molecule has 26 heavy (non-hydrogen) atoms. The zero-order valence-corrected chi connectivity index (χ0v) is 15.8. The second-order valence-electron chi connectivity index (χ2n) is 6.60. The summed E-state index contributed by atoms with van der Waals surface area (Å²) in [5.74, 6) is -0.234. The van der Waals surface area contributed by atoms with Crippen molar-refractivity contribution in [3.8, 4) is 0 Å². The molecule has 0 aromatic heterocycles. The third-order valence-corrected chi connectivity index (χ3v) is 5.39. The summed E-state index contributed by atoms with van der Waals surface area (Å²) in [6, 6.07) is 20.9. The number of urea groups is 1. The van der Waals surface area contributed by atoms with Crippen molar-refractivity contribution >= 4 is 38.6 Å². The maximum Gasteiger partial charge on any atom is 0.325 e. The van der Waals surface area contributed by atoms with Gasteiger partial charge in [-0.25, -0.2) is 4.79 Å². The molecule has 1 aliphatic rings. The van der Waals surface area contributed by atoms with Crippen LogP contribution in [0.3, 0.4) is 0 Å². The summed E-state index contributed by atoms with van der Waals surface area (Å²) >= 11 is 3.39. The van der Waals surface area contributed by atoms with Crippen LogP contribution in [0.4, 0.5) is 4.79 Å². The predicted octanol–water partition coefficient (Wildman–Crippen LogP) is 4.57. The molecule has 1 aliphatic heterocycles. The second-order valence-corrected chi connectivity index (χ2v) is 7.52. The molecular weight excluding hydrogens is 392 g/mol. The van der Waals surface area contributed by atoms with Crippen LogP contribution in [0.1, 0.15) is 18.1 Å². The first-order valence-electron chi connectivity index (χ1n) is 8.36. The van der Waals surface area contributed by atoms with Gasteiger partial charge in [0.25, 0.3) is 5.91 Å². The van der Waals surface area contributed by atoms with Crippen molar-refractivity contribution < 1.29 is 9.59 Å². The summed E-state index contributed by atoms with van der Waals surface area (Å²) in [7, 11) is 0. The van der Waals surface area contributed by atoms with Gasteiger partial charge < -0.3 is 5.32 Å². The molecule has 4 nitrogen and oxygen atoms in total. The van der Waals surface area contributed by atoms with Gasteiger partial charge in [0, 0.05) is 4.47 Å². The highest BCUT2D eigenvalue weighted by Crippen LogP contribution is 2.34. The highest BCUT2D eigenvalue weighted by molar-refractivity contribution is 9.10. The second kappa shape index (κ2) is 6.25. The average molecular weight is 409 g/mol. The lowest BCUT2D eigenvalue weighted by Gasteiger charge is -2.24. The fourth-order valence-electron chi connectivity index (χ4n) is 3.46. The van der Waals surface area contributed by atoms with E-state index in [1.165, 1.54) is 4.90 Å². The average Bonchev–Trinajstić information content (AvgIpc) is 2.87. The fourth-order valence-corrected chi connectivity index (χ4v) is 3.72.